The molecule has 0 aliphatic carbocycles. The van der Waals surface area contributed by atoms with Crippen molar-refractivity contribution in [1.29, 1.82) is 0 Å². The molecule has 1 saturated heterocycles. The van der Waals surface area contributed by atoms with Crippen molar-refractivity contribution in [2.75, 3.05) is 26.2 Å². The molecule has 0 spiro atoms. The topological polar surface area (TPSA) is 50.3 Å². The van der Waals surface area contributed by atoms with Gasteiger partial charge >= 0.3 is 0 Å². The molecule has 1 unspecified atom stereocenters. The molecule has 0 amide bonds. The van der Waals surface area contributed by atoms with E-state index in [1.807, 2.05) is 6.20 Å². The van der Waals surface area contributed by atoms with Gasteiger partial charge in [0.2, 0.25) is 0 Å². The highest BCUT2D eigenvalue weighted by molar-refractivity contribution is 5.21. The minimum Gasteiger partial charge on any atom is -0.368 e. The molecule has 2 aliphatic heterocycles. The minimum atomic E-state index is 0.0367. The van der Waals surface area contributed by atoms with Crippen LogP contribution in [0.4, 0.5) is 0 Å². The van der Waals surface area contributed by atoms with Crippen molar-refractivity contribution in [1.82, 2.24) is 20.2 Å². The third-order valence-corrected chi connectivity index (χ3v) is 3.47. The highest BCUT2D eigenvalue weighted by atomic mass is 16.5. The summed E-state index contributed by atoms with van der Waals surface area (Å²) in [5, 5.41) is 3.28. The fourth-order valence-corrected chi connectivity index (χ4v) is 2.37. The van der Waals surface area contributed by atoms with Gasteiger partial charge in [-0.3, -0.25) is 4.90 Å². The molecular weight excluding hydrogens is 216 g/mol. The Morgan fingerprint density at radius 2 is 2.47 bits per heavy atom. The van der Waals surface area contributed by atoms with Crippen molar-refractivity contribution in [3.63, 3.8) is 0 Å². The average Bonchev–Trinajstić information content (AvgIpc) is 2.86. The normalized spacial score (nSPS) is 24.9. The first-order valence-corrected chi connectivity index (χ1v) is 6.26. The lowest BCUT2D eigenvalue weighted by Gasteiger charge is -2.31. The van der Waals surface area contributed by atoms with Crippen LogP contribution in [0, 0.1) is 0 Å². The molecule has 0 radical (unpaired) electrons. The van der Waals surface area contributed by atoms with E-state index < -0.39 is 0 Å². The Balaban J connectivity index is 1.79. The van der Waals surface area contributed by atoms with E-state index in [2.05, 4.69) is 27.1 Å². The Morgan fingerprint density at radius 3 is 3.35 bits per heavy atom. The number of rotatable bonds is 2. The van der Waals surface area contributed by atoms with Crippen LogP contribution in [-0.4, -0.2) is 41.1 Å². The second-order valence-electron chi connectivity index (χ2n) is 4.56. The summed E-state index contributed by atoms with van der Waals surface area (Å²) in [6, 6.07) is 0. The van der Waals surface area contributed by atoms with Gasteiger partial charge in [-0.05, 0) is 6.54 Å². The van der Waals surface area contributed by atoms with Gasteiger partial charge in [0.05, 0.1) is 12.3 Å². The molecule has 1 aromatic rings. The molecule has 3 heterocycles. The molecule has 92 valence electrons. The first-order chi connectivity index (χ1) is 8.36. The van der Waals surface area contributed by atoms with Crippen LogP contribution in [-0.2, 0) is 17.8 Å². The molecule has 17 heavy (non-hydrogen) atoms. The molecule has 2 aliphatic rings. The predicted octanol–water partition coefficient (Wildman–Crippen LogP) is 0.473. The Kier molecular flexibility index (Phi) is 3.05. The summed E-state index contributed by atoms with van der Waals surface area (Å²) in [6.07, 6.45) is 1.97. The van der Waals surface area contributed by atoms with E-state index in [9.17, 15) is 0 Å². The zero-order valence-corrected chi connectivity index (χ0v) is 10.1. The minimum absolute atomic E-state index is 0.0367. The van der Waals surface area contributed by atoms with Crippen molar-refractivity contribution in [2.45, 2.75) is 26.1 Å². The number of morpholine rings is 1. The van der Waals surface area contributed by atoms with Gasteiger partial charge in [0.15, 0.2) is 5.82 Å². The molecule has 0 aromatic carbocycles. The summed E-state index contributed by atoms with van der Waals surface area (Å²) in [6.45, 7) is 7.68. The summed E-state index contributed by atoms with van der Waals surface area (Å²) < 4.78 is 5.77. The molecule has 1 N–H and O–H groups in total. The average molecular weight is 234 g/mol. The Hall–Kier alpha value is -1.04. The highest BCUT2D eigenvalue weighted by Gasteiger charge is 2.24. The van der Waals surface area contributed by atoms with Gasteiger partial charge in [-0.2, -0.15) is 0 Å². The second-order valence-corrected chi connectivity index (χ2v) is 4.56. The van der Waals surface area contributed by atoms with Crippen molar-refractivity contribution >= 4 is 0 Å². The van der Waals surface area contributed by atoms with Gasteiger partial charge in [-0.1, -0.05) is 6.92 Å². The van der Waals surface area contributed by atoms with E-state index in [1.54, 1.807) is 0 Å². The zero-order chi connectivity index (χ0) is 11.7. The number of aromatic nitrogens is 2. The maximum atomic E-state index is 5.77. The van der Waals surface area contributed by atoms with Gasteiger partial charge in [0, 0.05) is 37.9 Å². The van der Waals surface area contributed by atoms with E-state index in [1.165, 1.54) is 5.56 Å². The molecule has 1 aromatic heterocycles. The van der Waals surface area contributed by atoms with Crippen molar-refractivity contribution in [3.8, 4) is 0 Å². The molecular formula is C12H18N4O. The standard InChI is InChI=1S/C12H18N4O/c1-2-16-3-4-17-11(8-16)12-14-6-9-5-13-7-10(9)15-12/h6,11,13H,2-5,7-8H2,1H3. The maximum absolute atomic E-state index is 5.77. The quantitative estimate of drug-likeness (QED) is 0.806. The van der Waals surface area contributed by atoms with Crippen LogP contribution in [0.15, 0.2) is 6.20 Å². The van der Waals surface area contributed by atoms with E-state index in [0.29, 0.717) is 0 Å². The SMILES string of the molecule is CCN1CCOC(c2ncc3c(n2)CNC3)C1. The second kappa shape index (κ2) is 4.68. The van der Waals surface area contributed by atoms with Crippen molar-refractivity contribution in [2.24, 2.45) is 0 Å². The van der Waals surface area contributed by atoms with Gasteiger partial charge in [-0.25, -0.2) is 9.97 Å². The lowest BCUT2D eigenvalue weighted by molar-refractivity contribution is -0.0326. The zero-order valence-electron chi connectivity index (χ0n) is 10.1. The molecule has 1 fully saturated rings. The molecule has 3 rings (SSSR count). The Morgan fingerprint density at radius 1 is 1.53 bits per heavy atom. The van der Waals surface area contributed by atoms with Crippen molar-refractivity contribution < 1.29 is 4.74 Å². The van der Waals surface area contributed by atoms with Crippen LogP contribution in [0.2, 0.25) is 0 Å². The van der Waals surface area contributed by atoms with E-state index in [4.69, 9.17) is 4.74 Å². The van der Waals surface area contributed by atoms with Crippen LogP contribution < -0.4 is 5.32 Å². The van der Waals surface area contributed by atoms with Crippen LogP contribution in [0.3, 0.4) is 0 Å². The number of hydrogen-bond acceptors (Lipinski definition) is 5. The lowest BCUT2D eigenvalue weighted by Crippen LogP contribution is -2.38. The number of ether oxygens (including phenoxy) is 1. The largest absolute Gasteiger partial charge is 0.368 e. The summed E-state index contributed by atoms with van der Waals surface area (Å²) in [5.74, 6) is 0.839. The number of hydrogen-bond donors (Lipinski definition) is 1. The van der Waals surface area contributed by atoms with Crippen molar-refractivity contribution in [3.05, 3.63) is 23.3 Å². The van der Waals surface area contributed by atoms with Gasteiger partial charge < -0.3 is 10.1 Å². The predicted molar refractivity (Wildman–Crippen MR) is 63.4 cm³/mol. The fraction of sp³-hybridized carbons (Fsp3) is 0.667. The number of fused-ring (bicyclic) bond motifs is 1. The first kappa shape index (κ1) is 11.1. The lowest BCUT2D eigenvalue weighted by atomic mass is 10.2. The Labute approximate surface area is 101 Å². The third-order valence-electron chi connectivity index (χ3n) is 3.47. The molecule has 1 atom stereocenters. The van der Waals surface area contributed by atoms with Crippen LogP contribution >= 0.6 is 0 Å². The van der Waals surface area contributed by atoms with Crippen LogP contribution in [0.5, 0.6) is 0 Å². The first-order valence-electron chi connectivity index (χ1n) is 6.26. The Bertz CT molecular complexity index is 409. The smallest absolute Gasteiger partial charge is 0.158 e. The van der Waals surface area contributed by atoms with E-state index in [-0.39, 0.29) is 6.10 Å². The molecule has 5 nitrogen and oxygen atoms in total. The van der Waals surface area contributed by atoms with E-state index in [0.717, 1.165) is 50.8 Å². The van der Waals surface area contributed by atoms with E-state index >= 15 is 0 Å². The summed E-state index contributed by atoms with van der Waals surface area (Å²) in [7, 11) is 0. The molecule has 0 bridgehead atoms. The number of likely N-dealkylation sites (N-methyl/N-ethyl adjacent to an activating group) is 1. The highest BCUT2D eigenvalue weighted by Crippen LogP contribution is 2.21. The van der Waals surface area contributed by atoms with Crippen LogP contribution in [0.1, 0.15) is 30.1 Å². The van der Waals surface area contributed by atoms with Gasteiger partial charge in [0.25, 0.3) is 0 Å². The fourth-order valence-electron chi connectivity index (χ4n) is 2.37. The monoisotopic (exact) mass is 234 g/mol. The number of nitrogens with one attached hydrogen (secondary N) is 1. The van der Waals surface area contributed by atoms with Gasteiger partial charge in [0.1, 0.15) is 6.10 Å². The molecule has 0 saturated carbocycles. The maximum Gasteiger partial charge on any atom is 0.158 e. The third kappa shape index (κ3) is 2.18. The van der Waals surface area contributed by atoms with Crippen LogP contribution in [0.25, 0.3) is 0 Å². The van der Waals surface area contributed by atoms with Gasteiger partial charge in [-0.15, -0.1) is 0 Å². The summed E-state index contributed by atoms with van der Waals surface area (Å²) >= 11 is 0. The molecule has 5 heteroatoms. The summed E-state index contributed by atoms with van der Waals surface area (Å²) in [5.41, 5.74) is 2.35. The summed E-state index contributed by atoms with van der Waals surface area (Å²) in [4.78, 5) is 11.4. The number of nitrogens with zero attached hydrogens (tertiary/aromatic N) is 3.